The molecule has 5 aromatic rings. The molecule has 0 aliphatic carbocycles. The second-order valence-corrected chi connectivity index (χ2v) is 8.75. The van der Waals surface area contributed by atoms with E-state index in [1.54, 1.807) is 12.3 Å². The lowest BCUT2D eigenvalue weighted by Gasteiger charge is -2.22. The number of nitrogens with two attached hydrogens (primary N) is 1. The maximum atomic E-state index is 14.9. The monoisotopic (exact) mass is 471 g/mol. The second kappa shape index (κ2) is 8.63. The van der Waals surface area contributed by atoms with Gasteiger partial charge in [0.05, 0.1) is 17.8 Å². The number of para-hydroxylation sites is 1. The van der Waals surface area contributed by atoms with Crippen molar-refractivity contribution >= 4 is 16.8 Å². The van der Waals surface area contributed by atoms with E-state index >= 15 is 0 Å². The van der Waals surface area contributed by atoms with Gasteiger partial charge in [0.1, 0.15) is 17.2 Å². The Bertz CT molecular complexity index is 1530. The molecule has 2 aromatic carbocycles. The van der Waals surface area contributed by atoms with Crippen LogP contribution in [-0.2, 0) is 0 Å². The summed E-state index contributed by atoms with van der Waals surface area (Å²) in [5.74, 6) is -1.29. The molecule has 4 heterocycles. The highest BCUT2D eigenvalue weighted by Crippen LogP contribution is 2.44. The molecule has 0 atom stereocenters. The number of nitrogens with zero attached hydrogens (tertiary/aromatic N) is 3. The van der Waals surface area contributed by atoms with Gasteiger partial charge in [-0.05, 0) is 44.1 Å². The average molecular weight is 472 g/mol. The van der Waals surface area contributed by atoms with Crippen molar-refractivity contribution in [2.75, 3.05) is 18.8 Å². The molecule has 0 unspecified atom stereocenters. The van der Waals surface area contributed by atoms with E-state index in [1.807, 2.05) is 41.3 Å². The van der Waals surface area contributed by atoms with E-state index in [2.05, 4.69) is 15.4 Å². The van der Waals surface area contributed by atoms with Crippen molar-refractivity contribution in [3.05, 3.63) is 78.8 Å². The minimum atomic E-state index is -0.939. The SMILES string of the molecule is Nc1ncc(-c2cnn(C3CCNCC3)c2)cc1-c1oc2ccccc2c1-c1cccc(F)c1F. The number of anilines is 1. The standard InChI is InChI=1S/C27H23F2N5O/c28-22-6-3-5-20(25(22)29)24-19-4-1-2-7-23(19)35-26(24)21-12-16(13-32-27(21)30)17-14-33-34(15-17)18-8-10-31-11-9-18/h1-7,12-15,18,31H,8-11H2,(H2,30,32). The molecule has 6 nitrogen and oxygen atoms in total. The lowest BCUT2D eigenvalue weighted by atomic mass is 9.97. The highest BCUT2D eigenvalue weighted by atomic mass is 19.2. The van der Waals surface area contributed by atoms with E-state index in [0.29, 0.717) is 33.9 Å². The van der Waals surface area contributed by atoms with Gasteiger partial charge in [0.25, 0.3) is 0 Å². The predicted octanol–water partition coefficient (Wildman–Crippen LogP) is 5.81. The molecule has 0 bridgehead atoms. The fourth-order valence-electron chi connectivity index (χ4n) is 4.77. The first-order valence-electron chi connectivity index (χ1n) is 11.6. The lowest BCUT2D eigenvalue weighted by Crippen LogP contribution is -2.29. The number of piperidine rings is 1. The molecule has 1 aliphatic rings. The van der Waals surface area contributed by atoms with E-state index in [1.165, 1.54) is 12.1 Å². The van der Waals surface area contributed by atoms with Crippen LogP contribution in [-0.4, -0.2) is 27.9 Å². The topological polar surface area (TPSA) is 81.9 Å². The summed E-state index contributed by atoms with van der Waals surface area (Å²) in [5, 5.41) is 8.61. The van der Waals surface area contributed by atoms with Crippen LogP contribution < -0.4 is 11.1 Å². The fourth-order valence-corrected chi connectivity index (χ4v) is 4.77. The number of furan rings is 1. The van der Waals surface area contributed by atoms with Crippen LogP contribution in [0.15, 0.2) is 71.5 Å². The second-order valence-electron chi connectivity index (χ2n) is 8.75. The van der Waals surface area contributed by atoms with Gasteiger partial charge in [-0.3, -0.25) is 4.68 Å². The molecule has 0 amide bonds. The number of rotatable bonds is 4. The Morgan fingerprint density at radius 1 is 0.971 bits per heavy atom. The van der Waals surface area contributed by atoms with Crippen LogP contribution in [0.1, 0.15) is 18.9 Å². The summed E-state index contributed by atoms with van der Waals surface area (Å²) in [5.41, 5.74) is 9.59. The predicted molar refractivity (Wildman–Crippen MR) is 132 cm³/mol. The number of pyridine rings is 1. The van der Waals surface area contributed by atoms with Crippen molar-refractivity contribution in [3.8, 4) is 33.6 Å². The van der Waals surface area contributed by atoms with Crippen molar-refractivity contribution in [3.63, 3.8) is 0 Å². The summed E-state index contributed by atoms with van der Waals surface area (Å²) >= 11 is 0. The molecular weight excluding hydrogens is 448 g/mol. The third-order valence-electron chi connectivity index (χ3n) is 6.60. The highest BCUT2D eigenvalue weighted by Gasteiger charge is 2.24. The molecule has 3 aromatic heterocycles. The lowest BCUT2D eigenvalue weighted by molar-refractivity contribution is 0.343. The highest BCUT2D eigenvalue weighted by molar-refractivity contribution is 6.03. The van der Waals surface area contributed by atoms with Gasteiger partial charge in [-0.2, -0.15) is 5.10 Å². The van der Waals surface area contributed by atoms with E-state index in [9.17, 15) is 8.78 Å². The number of halogens is 2. The Labute approximate surface area is 200 Å². The summed E-state index contributed by atoms with van der Waals surface area (Å²) in [4.78, 5) is 4.40. The number of aromatic nitrogens is 3. The number of fused-ring (bicyclic) bond motifs is 1. The smallest absolute Gasteiger partial charge is 0.166 e. The first kappa shape index (κ1) is 21.5. The van der Waals surface area contributed by atoms with Crippen LogP contribution in [0.4, 0.5) is 14.6 Å². The first-order chi connectivity index (χ1) is 17.1. The van der Waals surface area contributed by atoms with Crippen LogP contribution in [0.2, 0.25) is 0 Å². The average Bonchev–Trinajstić information content (AvgIpc) is 3.52. The van der Waals surface area contributed by atoms with E-state index in [4.69, 9.17) is 10.2 Å². The van der Waals surface area contributed by atoms with Crippen LogP contribution in [0.3, 0.4) is 0 Å². The van der Waals surface area contributed by atoms with Crippen LogP contribution in [0.5, 0.6) is 0 Å². The zero-order valence-corrected chi connectivity index (χ0v) is 18.8. The summed E-state index contributed by atoms with van der Waals surface area (Å²) in [7, 11) is 0. The van der Waals surface area contributed by atoms with Crippen molar-refractivity contribution in [2.24, 2.45) is 0 Å². The third-order valence-corrected chi connectivity index (χ3v) is 6.60. The number of nitrogen functional groups attached to an aromatic ring is 1. The molecule has 35 heavy (non-hydrogen) atoms. The Kier molecular flexibility index (Phi) is 5.30. The van der Waals surface area contributed by atoms with Gasteiger partial charge in [-0.25, -0.2) is 13.8 Å². The van der Waals surface area contributed by atoms with Gasteiger partial charge in [-0.15, -0.1) is 0 Å². The van der Waals surface area contributed by atoms with E-state index < -0.39 is 11.6 Å². The Balaban J connectivity index is 1.50. The number of nitrogens with one attached hydrogen (secondary N) is 1. The molecule has 176 valence electrons. The van der Waals surface area contributed by atoms with E-state index in [-0.39, 0.29) is 11.4 Å². The van der Waals surface area contributed by atoms with Gasteiger partial charge in [-0.1, -0.05) is 30.3 Å². The number of hydrogen-bond acceptors (Lipinski definition) is 5. The molecule has 6 rings (SSSR count). The summed E-state index contributed by atoms with van der Waals surface area (Å²) in [6, 6.07) is 13.6. The van der Waals surface area contributed by atoms with Crippen molar-refractivity contribution in [2.45, 2.75) is 18.9 Å². The Hall–Kier alpha value is -4.04. The van der Waals surface area contributed by atoms with Gasteiger partial charge in [0, 0.05) is 40.0 Å². The maximum Gasteiger partial charge on any atom is 0.166 e. The van der Waals surface area contributed by atoms with Gasteiger partial charge in [0.15, 0.2) is 11.6 Å². The summed E-state index contributed by atoms with van der Waals surface area (Å²) in [6.07, 6.45) is 7.55. The quantitative estimate of drug-likeness (QED) is 0.346. The van der Waals surface area contributed by atoms with Crippen LogP contribution in [0, 0.1) is 11.6 Å². The minimum absolute atomic E-state index is 0.105. The van der Waals surface area contributed by atoms with Gasteiger partial charge < -0.3 is 15.5 Å². The zero-order chi connectivity index (χ0) is 23.9. The molecule has 1 fully saturated rings. The van der Waals surface area contributed by atoms with Gasteiger partial charge in [0.2, 0.25) is 0 Å². The minimum Gasteiger partial charge on any atom is -0.455 e. The number of hydrogen-bond donors (Lipinski definition) is 2. The number of benzene rings is 2. The first-order valence-corrected chi connectivity index (χ1v) is 11.6. The third kappa shape index (κ3) is 3.76. The largest absolute Gasteiger partial charge is 0.455 e. The molecule has 8 heteroatoms. The molecule has 0 radical (unpaired) electrons. The zero-order valence-electron chi connectivity index (χ0n) is 18.8. The van der Waals surface area contributed by atoms with Crippen LogP contribution in [0.25, 0.3) is 44.5 Å². The Morgan fingerprint density at radius 3 is 2.66 bits per heavy atom. The maximum absolute atomic E-state index is 14.9. The van der Waals surface area contributed by atoms with Gasteiger partial charge >= 0.3 is 0 Å². The van der Waals surface area contributed by atoms with Crippen molar-refractivity contribution in [1.82, 2.24) is 20.1 Å². The fraction of sp³-hybridized carbons (Fsp3) is 0.185. The van der Waals surface area contributed by atoms with Crippen molar-refractivity contribution < 1.29 is 13.2 Å². The Morgan fingerprint density at radius 2 is 1.80 bits per heavy atom. The summed E-state index contributed by atoms with van der Waals surface area (Å²) in [6.45, 7) is 1.94. The molecule has 1 aliphatic heterocycles. The summed E-state index contributed by atoms with van der Waals surface area (Å²) < 4.78 is 37.3. The van der Waals surface area contributed by atoms with Crippen molar-refractivity contribution in [1.29, 1.82) is 0 Å². The van der Waals surface area contributed by atoms with Crippen LogP contribution >= 0.6 is 0 Å². The molecule has 1 saturated heterocycles. The molecule has 0 spiro atoms. The van der Waals surface area contributed by atoms with E-state index in [0.717, 1.165) is 43.1 Å². The molecule has 3 N–H and O–H groups in total. The molecular formula is C27H23F2N5O. The molecule has 0 saturated carbocycles. The normalized spacial score (nSPS) is 14.6.